The highest BCUT2D eigenvalue weighted by atomic mass is 35.5. The van der Waals surface area contributed by atoms with Crippen LogP contribution in [-0.2, 0) is 18.0 Å². The monoisotopic (exact) mass is 180 g/mol. The summed E-state index contributed by atoms with van der Waals surface area (Å²) in [6, 6.07) is 0. The minimum Gasteiger partial charge on any atom is -0.232 e. The molecule has 0 spiro atoms. The SMILES string of the molecule is CC[SH](=O)(OCl)OCl. The van der Waals surface area contributed by atoms with Crippen LogP contribution in [0.4, 0.5) is 0 Å². The van der Waals surface area contributed by atoms with Crippen LogP contribution in [0.2, 0.25) is 0 Å². The van der Waals surface area contributed by atoms with Crippen LogP contribution >= 0.6 is 23.7 Å². The predicted molar refractivity (Wildman–Crippen MR) is 34.0 cm³/mol. The molecule has 0 rings (SSSR count). The molecule has 0 bridgehead atoms. The minimum atomic E-state index is -3.13. The van der Waals surface area contributed by atoms with Crippen molar-refractivity contribution in [2.24, 2.45) is 0 Å². The standard InChI is InChI=1S/C2H6Cl2O3S/c1-2-8(5,6-3)7-4/h8H,2H2,1H3. The Labute approximate surface area is 59.0 Å². The maximum Gasteiger partial charge on any atom is 0.111 e. The normalized spacial score (nSPS) is 13.9. The molecule has 6 heteroatoms. The number of hydrogen-bond acceptors (Lipinski definition) is 3. The van der Waals surface area contributed by atoms with E-state index in [1.165, 1.54) is 0 Å². The van der Waals surface area contributed by atoms with Crippen molar-refractivity contribution in [2.45, 2.75) is 6.92 Å². The number of halogens is 2. The van der Waals surface area contributed by atoms with Gasteiger partial charge in [-0.15, -0.1) is 0 Å². The average Bonchev–Trinajstić information content (AvgIpc) is 1.87. The number of hydrogen-bond donors (Lipinski definition) is 1. The summed E-state index contributed by atoms with van der Waals surface area (Å²) >= 11 is 9.47. The van der Waals surface area contributed by atoms with Crippen molar-refractivity contribution in [3.05, 3.63) is 0 Å². The van der Waals surface area contributed by atoms with Crippen LogP contribution in [0.5, 0.6) is 0 Å². The highest BCUT2D eigenvalue weighted by Crippen LogP contribution is 2.11. The maximum absolute atomic E-state index is 10.6. The molecule has 0 aromatic carbocycles. The summed E-state index contributed by atoms with van der Waals surface area (Å²) in [5.74, 6) is 0.167. The molecular weight excluding hydrogens is 175 g/mol. The summed E-state index contributed by atoms with van der Waals surface area (Å²) in [6.45, 7) is 1.59. The second-order valence-electron chi connectivity index (χ2n) is 1.07. The summed E-state index contributed by atoms with van der Waals surface area (Å²) in [7, 11) is -3.13. The molecule has 0 aliphatic heterocycles. The van der Waals surface area contributed by atoms with Gasteiger partial charge in [-0.05, 0) is 0 Å². The van der Waals surface area contributed by atoms with Crippen LogP contribution in [0.3, 0.4) is 0 Å². The molecule has 0 N–H and O–H groups in total. The first-order valence-electron chi connectivity index (χ1n) is 1.88. The van der Waals surface area contributed by atoms with E-state index in [2.05, 4.69) is 7.47 Å². The van der Waals surface area contributed by atoms with Gasteiger partial charge in [-0.1, -0.05) is 6.92 Å². The molecule has 0 fully saturated rings. The Hall–Kier alpha value is 0.650. The van der Waals surface area contributed by atoms with E-state index >= 15 is 0 Å². The van der Waals surface area contributed by atoms with Crippen LogP contribution in [0.25, 0.3) is 0 Å². The van der Waals surface area contributed by atoms with Crippen molar-refractivity contribution in [3.63, 3.8) is 0 Å². The van der Waals surface area contributed by atoms with Crippen molar-refractivity contribution in [1.29, 1.82) is 0 Å². The molecule has 0 saturated heterocycles. The van der Waals surface area contributed by atoms with E-state index in [0.717, 1.165) is 0 Å². The zero-order valence-corrected chi connectivity index (χ0v) is 6.54. The van der Waals surface area contributed by atoms with Crippen LogP contribution < -0.4 is 0 Å². The van der Waals surface area contributed by atoms with Crippen molar-refractivity contribution in [1.82, 2.24) is 0 Å². The molecule has 0 aromatic heterocycles. The Morgan fingerprint density at radius 3 is 1.88 bits per heavy atom. The molecule has 8 heavy (non-hydrogen) atoms. The highest BCUT2D eigenvalue weighted by molar-refractivity contribution is 7.95. The van der Waals surface area contributed by atoms with Gasteiger partial charge >= 0.3 is 0 Å². The summed E-state index contributed by atoms with van der Waals surface area (Å²) in [6.07, 6.45) is 0. The van der Waals surface area contributed by atoms with Crippen molar-refractivity contribution in [3.8, 4) is 0 Å². The fraction of sp³-hybridized carbons (Fsp3) is 1.00. The minimum absolute atomic E-state index is 0.167. The zero-order valence-electron chi connectivity index (χ0n) is 4.13. The van der Waals surface area contributed by atoms with E-state index in [0.29, 0.717) is 0 Å². The summed E-state index contributed by atoms with van der Waals surface area (Å²) in [4.78, 5) is 0. The Balaban J connectivity index is 3.79. The van der Waals surface area contributed by atoms with Gasteiger partial charge in [-0.3, -0.25) is 0 Å². The Morgan fingerprint density at radius 1 is 1.50 bits per heavy atom. The first-order valence-corrected chi connectivity index (χ1v) is 4.22. The van der Waals surface area contributed by atoms with Crippen LogP contribution in [0, 0.1) is 0 Å². The third kappa shape index (κ3) is 2.28. The van der Waals surface area contributed by atoms with Crippen molar-refractivity contribution in [2.75, 3.05) is 5.75 Å². The topological polar surface area (TPSA) is 35.5 Å². The highest BCUT2D eigenvalue weighted by Gasteiger charge is 2.09. The third-order valence-corrected chi connectivity index (χ3v) is 3.05. The lowest BCUT2D eigenvalue weighted by atomic mass is 11.0. The molecule has 0 radical (unpaired) electrons. The van der Waals surface area contributed by atoms with Gasteiger partial charge in [0.05, 0.1) is 23.7 Å². The van der Waals surface area contributed by atoms with E-state index < -0.39 is 10.5 Å². The summed E-state index contributed by atoms with van der Waals surface area (Å²) in [5, 5.41) is 0. The molecule has 52 valence electrons. The first-order chi connectivity index (χ1) is 3.68. The Kier molecular flexibility index (Phi) is 3.93. The number of thiol groups is 1. The molecule has 0 saturated carbocycles. The molecule has 3 nitrogen and oxygen atoms in total. The van der Waals surface area contributed by atoms with E-state index in [9.17, 15) is 4.21 Å². The van der Waals surface area contributed by atoms with Gasteiger partial charge < -0.3 is 0 Å². The Bertz CT molecular complexity index is 86.4. The van der Waals surface area contributed by atoms with E-state index in [-0.39, 0.29) is 5.75 Å². The second-order valence-corrected chi connectivity index (χ2v) is 4.02. The molecule has 0 aliphatic rings. The van der Waals surface area contributed by atoms with Crippen LogP contribution in [0.15, 0.2) is 0 Å². The van der Waals surface area contributed by atoms with Gasteiger partial charge in [0.2, 0.25) is 0 Å². The average molecular weight is 181 g/mol. The smallest absolute Gasteiger partial charge is 0.111 e. The predicted octanol–water partition coefficient (Wildman–Crippen LogP) is 1.19. The van der Waals surface area contributed by atoms with E-state index in [1.807, 2.05) is 0 Å². The summed E-state index contributed by atoms with van der Waals surface area (Å²) in [5.41, 5.74) is 0. The fourth-order valence-corrected chi connectivity index (χ4v) is 1.17. The summed E-state index contributed by atoms with van der Waals surface area (Å²) < 4.78 is 18.4. The van der Waals surface area contributed by atoms with Crippen molar-refractivity contribution < 1.29 is 11.7 Å². The Morgan fingerprint density at radius 2 is 1.88 bits per heavy atom. The largest absolute Gasteiger partial charge is 0.232 e. The number of rotatable bonds is 3. The van der Waals surface area contributed by atoms with Crippen LogP contribution in [-0.4, -0.2) is 9.96 Å². The molecule has 0 aromatic rings. The fourth-order valence-electron chi connectivity index (χ4n) is 0.108. The van der Waals surface area contributed by atoms with Gasteiger partial charge in [0.15, 0.2) is 0 Å². The third-order valence-electron chi connectivity index (χ3n) is 0.598. The second kappa shape index (κ2) is 3.63. The molecule has 0 amide bonds. The lowest BCUT2D eigenvalue weighted by Gasteiger charge is -2.11. The molecular formula is C2H6Cl2O3S. The van der Waals surface area contributed by atoms with Gasteiger partial charge in [-0.25, -0.2) is 4.21 Å². The lowest BCUT2D eigenvalue weighted by Crippen LogP contribution is -2.13. The molecule has 0 aliphatic carbocycles. The van der Waals surface area contributed by atoms with Crippen LogP contribution in [0.1, 0.15) is 6.92 Å². The first kappa shape index (κ1) is 8.65. The molecule has 0 heterocycles. The van der Waals surface area contributed by atoms with Gasteiger partial charge in [0.1, 0.15) is 10.5 Å². The maximum atomic E-state index is 10.6. The van der Waals surface area contributed by atoms with E-state index in [1.54, 1.807) is 6.92 Å². The zero-order chi connectivity index (χ0) is 6.62. The van der Waals surface area contributed by atoms with Gasteiger partial charge in [0, 0.05) is 5.75 Å². The quantitative estimate of drug-likeness (QED) is 0.664. The molecule has 0 unspecified atom stereocenters. The van der Waals surface area contributed by atoms with Crippen molar-refractivity contribution >= 4 is 34.2 Å². The van der Waals surface area contributed by atoms with E-state index in [4.69, 9.17) is 23.7 Å². The van der Waals surface area contributed by atoms with Gasteiger partial charge in [0.25, 0.3) is 0 Å². The van der Waals surface area contributed by atoms with Gasteiger partial charge in [-0.2, -0.15) is 7.47 Å². The lowest BCUT2D eigenvalue weighted by molar-refractivity contribution is 0.475. The molecule has 0 atom stereocenters.